The van der Waals surface area contributed by atoms with Crippen LogP contribution in [-0.4, -0.2) is 23.3 Å². The Labute approximate surface area is 122 Å². The van der Waals surface area contributed by atoms with Gasteiger partial charge in [-0.2, -0.15) is 0 Å². The summed E-state index contributed by atoms with van der Waals surface area (Å²) in [5.74, 6) is -0.871. The van der Waals surface area contributed by atoms with Gasteiger partial charge in [0.2, 0.25) is 11.8 Å². The summed E-state index contributed by atoms with van der Waals surface area (Å²) in [6, 6.07) is 5.78. The Bertz CT molecular complexity index is 576. The van der Waals surface area contributed by atoms with Gasteiger partial charge in [0.05, 0.1) is 10.3 Å². The highest BCUT2D eigenvalue weighted by atomic mass is 16.6. The molecule has 7 nitrogen and oxygen atoms in total. The van der Waals surface area contributed by atoms with Crippen LogP contribution in [0.15, 0.2) is 30.3 Å². The van der Waals surface area contributed by atoms with Gasteiger partial charge < -0.3 is 11.1 Å². The van der Waals surface area contributed by atoms with Gasteiger partial charge in [-0.25, -0.2) is 0 Å². The predicted molar refractivity (Wildman–Crippen MR) is 78.1 cm³/mol. The third-order valence-electron chi connectivity index (χ3n) is 2.90. The van der Waals surface area contributed by atoms with Gasteiger partial charge in [-0.3, -0.25) is 19.7 Å². The standard InChI is InChI=1S/C14H17N3O4/c1-14(2,13(15)19)9-16-12(18)8-5-10-3-6-11(7-4-10)17(20)21/h3-8H,9H2,1-2H3,(H2,15,19)(H,16,18)/b8-5+. The Morgan fingerprint density at radius 2 is 1.90 bits per heavy atom. The first kappa shape index (κ1) is 16.4. The molecule has 1 aromatic rings. The van der Waals surface area contributed by atoms with Crippen LogP contribution in [-0.2, 0) is 9.59 Å². The number of carbonyl (C=O) groups excluding carboxylic acids is 2. The summed E-state index contributed by atoms with van der Waals surface area (Å²) < 4.78 is 0. The molecule has 3 N–H and O–H groups in total. The van der Waals surface area contributed by atoms with Crippen LogP contribution in [0.1, 0.15) is 19.4 Å². The van der Waals surface area contributed by atoms with Gasteiger partial charge in [-0.15, -0.1) is 0 Å². The SMILES string of the molecule is CC(C)(CNC(=O)/C=C/c1ccc([N+](=O)[O-])cc1)C(N)=O. The molecule has 112 valence electrons. The van der Waals surface area contributed by atoms with E-state index in [-0.39, 0.29) is 18.1 Å². The fourth-order valence-corrected chi connectivity index (χ4v) is 1.33. The van der Waals surface area contributed by atoms with Crippen LogP contribution < -0.4 is 11.1 Å². The number of carbonyl (C=O) groups is 2. The molecule has 0 bridgehead atoms. The van der Waals surface area contributed by atoms with Crippen LogP contribution in [0.4, 0.5) is 5.69 Å². The summed E-state index contributed by atoms with van der Waals surface area (Å²) in [7, 11) is 0. The van der Waals surface area contributed by atoms with Gasteiger partial charge in [0.15, 0.2) is 0 Å². The lowest BCUT2D eigenvalue weighted by atomic mass is 9.93. The molecule has 0 aromatic heterocycles. The van der Waals surface area contributed by atoms with Crippen molar-refractivity contribution in [3.63, 3.8) is 0 Å². The van der Waals surface area contributed by atoms with Gasteiger partial charge in [0.1, 0.15) is 0 Å². The van der Waals surface area contributed by atoms with E-state index in [9.17, 15) is 19.7 Å². The van der Waals surface area contributed by atoms with Crippen molar-refractivity contribution >= 4 is 23.6 Å². The van der Waals surface area contributed by atoms with Gasteiger partial charge in [-0.05, 0) is 37.6 Å². The van der Waals surface area contributed by atoms with E-state index in [1.165, 1.54) is 36.4 Å². The Kier molecular flexibility index (Phi) is 5.18. The fraction of sp³-hybridized carbons (Fsp3) is 0.286. The van der Waals surface area contributed by atoms with E-state index in [2.05, 4.69) is 5.32 Å². The number of hydrogen-bond donors (Lipinski definition) is 2. The third kappa shape index (κ3) is 5.06. The number of nitrogens with two attached hydrogens (primary N) is 1. The first-order valence-corrected chi connectivity index (χ1v) is 6.22. The molecule has 0 unspecified atom stereocenters. The lowest BCUT2D eigenvalue weighted by Crippen LogP contribution is -2.41. The maximum absolute atomic E-state index is 11.6. The number of non-ortho nitro benzene ring substituents is 1. The van der Waals surface area contributed by atoms with Crippen LogP contribution in [0.25, 0.3) is 6.08 Å². The summed E-state index contributed by atoms with van der Waals surface area (Å²) in [5.41, 5.74) is 5.02. The van der Waals surface area contributed by atoms with Crippen molar-refractivity contribution in [3.8, 4) is 0 Å². The second kappa shape index (κ2) is 6.65. The fourth-order valence-electron chi connectivity index (χ4n) is 1.33. The van der Waals surface area contributed by atoms with Gasteiger partial charge in [-0.1, -0.05) is 0 Å². The maximum atomic E-state index is 11.6. The molecule has 0 aliphatic rings. The number of benzene rings is 1. The van der Waals surface area contributed by atoms with E-state index >= 15 is 0 Å². The number of amides is 2. The van der Waals surface area contributed by atoms with E-state index in [4.69, 9.17) is 5.73 Å². The van der Waals surface area contributed by atoms with E-state index in [0.717, 1.165) is 0 Å². The van der Waals surface area contributed by atoms with Gasteiger partial charge >= 0.3 is 0 Å². The Morgan fingerprint density at radius 1 is 1.33 bits per heavy atom. The molecule has 0 aliphatic carbocycles. The highest BCUT2D eigenvalue weighted by Crippen LogP contribution is 2.13. The smallest absolute Gasteiger partial charge is 0.269 e. The minimum Gasteiger partial charge on any atom is -0.369 e. The number of nitrogens with one attached hydrogen (secondary N) is 1. The molecule has 0 radical (unpaired) electrons. The van der Waals surface area contributed by atoms with Crippen LogP contribution in [0, 0.1) is 15.5 Å². The van der Waals surface area contributed by atoms with E-state index in [1.54, 1.807) is 13.8 Å². The zero-order chi connectivity index (χ0) is 16.0. The molecule has 1 rings (SSSR count). The molecule has 0 aliphatic heterocycles. The predicted octanol–water partition coefficient (Wildman–Crippen LogP) is 1.24. The lowest BCUT2D eigenvalue weighted by molar-refractivity contribution is -0.384. The Morgan fingerprint density at radius 3 is 2.38 bits per heavy atom. The van der Waals surface area contributed by atoms with Crippen molar-refractivity contribution in [2.24, 2.45) is 11.1 Å². The number of hydrogen-bond acceptors (Lipinski definition) is 4. The first-order chi connectivity index (χ1) is 9.72. The van der Waals surface area contributed by atoms with Crippen molar-refractivity contribution in [1.29, 1.82) is 0 Å². The van der Waals surface area contributed by atoms with Crippen LogP contribution in [0.3, 0.4) is 0 Å². The second-order valence-electron chi connectivity index (χ2n) is 5.15. The quantitative estimate of drug-likeness (QED) is 0.466. The molecule has 0 saturated carbocycles. The van der Waals surface area contributed by atoms with Crippen LogP contribution in [0.2, 0.25) is 0 Å². The van der Waals surface area contributed by atoms with Gasteiger partial charge in [0.25, 0.3) is 5.69 Å². The van der Waals surface area contributed by atoms with E-state index in [0.29, 0.717) is 5.56 Å². The summed E-state index contributed by atoms with van der Waals surface area (Å²) >= 11 is 0. The monoisotopic (exact) mass is 291 g/mol. The van der Waals surface area contributed by atoms with E-state index in [1.807, 2.05) is 0 Å². The Balaban J connectivity index is 2.58. The van der Waals surface area contributed by atoms with Crippen molar-refractivity contribution in [2.45, 2.75) is 13.8 Å². The number of nitro groups is 1. The molecule has 21 heavy (non-hydrogen) atoms. The van der Waals surface area contributed by atoms with Crippen LogP contribution >= 0.6 is 0 Å². The zero-order valence-electron chi connectivity index (χ0n) is 11.8. The summed E-state index contributed by atoms with van der Waals surface area (Å²) in [6.07, 6.45) is 2.81. The maximum Gasteiger partial charge on any atom is 0.269 e. The van der Waals surface area contributed by atoms with Gasteiger partial charge in [0, 0.05) is 24.8 Å². The van der Waals surface area contributed by atoms with E-state index < -0.39 is 16.2 Å². The first-order valence-electron chi connectivity index (χ1n) is 6.22. The molecule has 0 fully saturated rings. The number of nitro benzene ring substituents is 1. The van der Waals surface area contributed by atoms with Crippen LogP contribution in [0.5, 0.6) is 0 Å². The average Bonchev–Trinajstić information content (AvgIpc) is 2.43. The minimum atomic E-state index is -0.823. The zero-order valence-corrected chi connectivity index (χ0v) is 11.8. The Hall–Kier alpha value is -2.70. The molecule has 0 saturated heterocycles. The van der Waals surface area contributed by atoms with Crippen molar-refractivity contribution < 1.29 is 14.5 Å². The molecular weight excluding hydrogens is 274 g/mol. The minimum absolute atomic E-state index is 0.0141. The molecular formula is C14H17N3O4. The lowest BCUT2D eigenvalue weighted by Gasteiger charge is -2.19. The molecule has 1 aromatic carbocycles. The highest BCUT2D eigenvalue weighted by molar-refractivity contribution is 5.92. The largest absolute Gasteiger partial charge is 0.369 e. The average molecular weight is 291 g/mol. The third-order valence-corrected chi connectivity index (χ3v) is 2.90. The molecule has 7 heteroatoms. The molecule has 2 amide bonds. The van der Waals surface area contributed by atoms with Crippen molar-refractivity contribution in [1.82, 2.24) is 5.32 Å². The number of primary amides is 1. The summed E-state index contributed by atoms with van der Waals surface area (Å²) in [6.45, 7) is 3.40. The topological polar surface area (TPSA) is 115 Å². The summed E-state index contributed by atoms with van der Waals surface area (Å²) in [5, 5.41) is 13.1. The van der Waals surface area contributed by atoms with Crippen molar-refractivity contribution in [3.05, 3.63) is 46.0 Å². The normalized spacial score (nSPS) is 11.3. The number of nitrogens with zero attached hydrogens (tertiary/aromatic N) is 1. The molecule has 0 spiro atoms. The highest BCUT2D eigenvalue weighted by Gasteiger charge is 2.24. The molecule has 0 atom stereocenters. The second-order valence-corrected chi connectivity index (χ2v) is 5.15. The van der Waals surface area contributed by atoms with Crippen molar-refractivity contribution in [2.75, 3.05) is 6.54 Å². The number of rotatable bonds is 6. The summed E-state index contributed by atoms with van der Waals surface area (Å²) in [4.78, 5) is 32.7. The molecule has 0 heterocycles.